The molecule has 7 heteroatoms. The van der Waals surface area contributed by atoms with Crippen LogP contribution >= 0.6 is 0 Å². The molecule has 1 fully saturated rings. The topological polar surface area (TPSA) is 71.9 Å². The van der Waals surface area contributed by atoms with Gasteiger partial charge < -0.3 is 9.47 Å². The molecule has 4 heterocycles. The molecule has 4 aromatic rings. The van der Waals surface area contributed by atoms with Crippen LogP contribution in [-0.4, -0.2) is 47.2 Å². The Bertz CT molecular complexity index is 1400. The van der Waals surface area contributed by atoms with Crippen LogP contribution in [0, 0.1) is 0 Å². The first-order valence-corrected chi connectivity index (χ1v) is 12.5. The van der Waals surface area contributed by atoms with Crippen LogP contribution in [0.25, 0.3) is 22.0 Å². The van der Waals surface area contributed by atoms with Crippen LogP contribution in [0.3, 0.4) is 0 Å². The fourth-order valence-electron chi connectivity index (χ4n) is 4.99. The van der Waals surface area contributed by atoms with Crippen molar-refractivity contribution in [2.24, 2.45) is 4.99 Å². The Morgan fingerprint density at radius 2 is 1.89 bits per heavy atom. The number of hydrazine groups is 1. The minimum atomic E-state index is 0.386. The van der Waals surface area contributed by atoms with Crippen LogP contribution in [0.15, 0.2) is 72.0 Å². The monoisotopic (exact) mass is 479 g/mol. The van der Waals surface area contributed by atoms with Gasteiger partial charge in [-0.15, -0.1) is 0 Å². The van der Waals surface area contributed by atoms with Crippen LogP contribution < -0.4 is 10.2 Å². The van der Waals surface area contributed by atoms with Crippen molar-refractivity contribution in [3.05, 3.63) is 78.1 Å². The molecule has 2 aliphatic heterocycles. The first kappa shape index (κ1) is 22.5. The summed E-state index contributed by atoms with van der Waals surface area (Å²) in [6, 6.07) is 19.2. The molecule has 0 spiro atoms. The van der Waals surface area contributed by atoms with E-state index in [1.165, 1.54) is 10.9 Å². The number of rotatable bonds is 6. The Hall–Kier alpha value is -3.97. The summed E-state index contributed by atoms with van der Waals surface area (Å²) < 4.78 is 11.2. The zero-order valence-corrected chi connectivity index (χ0v) is 20.4. The van der Waals surface area contributed by atoms with Crippen LogP contribution in [0.1, 0.15) is 30.9 Å². The summed E-state index contributed by atoms with van der Waals surface area (Å²) in [4.78, 5) is 14.0. The molecule has 0 radical (unpaired) electrons. The molecule has 1 saturated heterocycles. The summed E-state index contributed by atoms with van der Waals surface area (Å²) in [5.41, 5.74) is 9.80. The van der Waals surface area contributed by atoms with Crippen LogP contribution in [0.4, 0.5) is 11.4 Å². The minimum Gasteiger partial charge on any atom is -0.477 e. The third kappa shape index (κ3) is 4.38. The largest absolute Gasteiger partial charge is 0.477 e. The predicted molar refractivity (Wildman–Crippen MR) is 143 cm³/mol. The highest BCUT2D eigenvalue weighted by molar-refractivity contribution is 6.02. The highest BCUT2D eigenvalue weighted by Gasteiger charge is 2.24. The molecule has 0 atom stereocenters. The molecule has 7 nitrogen and oxygen atoms in total. The molecular weight excluding hydrogens is 450 g/mol. The quantitative estimate of drug-likeness (QED) is 0.379. The van der Waals surface area contributed by atoms with Gasteiger partial charge in [0.1, 0.15) is 6.34 Å². The normalized spacial score (nSPS) is 15.5. The van der Waals surface area contributed by atoms with Crippen molar-refractivity contribution in [3.8, 4) is 17.1 Å². The number of pyridine rings is 2. The van der Waals surface area contributed by atoms with E-state index < -0.39 is 0 Å². The lowest BCUT2D eigenvalue weighted by molar-refractivity contribution is 0.0611. The number of aromatic nitrogens is 2. The fraction of sp³-hybridized carbons (Fsp3) is 0.276. The Morgan fingerprint density at radius 1 is 1.03 bits per heavy atom. The number of anilines is 1. The van der Waals surface area contributed by atoms with Gasteiger partial charge >= 0.3 is 0 Å². The first-order chi connectivity index (χ1) is 17.8. The van der Waals surface area contributed by atoms with Crippen molar-refractivity contribution in [1.29, 1.82) is 0 Å². The Labute approximate surface area is 210 Å². The lowest BCUT2D eigenvalue weighted by atomic mass is 9.96. The fourth-order valence-corrected chi connectivity index (χ4v) is 4.99. The predicted octanol–water partition coefficient (Wildman–Crippen LogP) is 5.77. The van der Waals surface area contributed by atoms with Gasteiger partial charge in [0.15, 0.2) is 0 Å². The van der Waals surface area contributed by atoms with E-state index in [-0.39, 0.29) is 0 Å². The smallest absolute Gasteiger partial charge is 0.222 e. The van der Waals surface area contributed by atoms with Crippen molar-refractivity contribution < 1.29 is 9.47 Å². The van der Waals surface area contributed by atoms with Gasteiger partial charge in [-0.25, -0.2) is 9.98 Å². The molecule has 0 amide bonds. The highest BCUT2D eigenvalue weighted by atomic mass is 16.5. The van der Waals surface area contributed by atoms with E-state index in [0.717, 1.165) is 66.1 Å². The molecular formula is C29H29N5O2. The molecule has 0 unspecified atom stereocenters. The van der Waals surface area contributed by atoms with E-state index in [9.17, 15) is 0 Å². The van der Waals surface area contributed by atoms with Gasteiger partial charge in [-0.05, 0) is 67.0 Å². The van der Waals surface area contributed by atoms with Gasteiger partial charge in [0.2, 0.25) is 5.88 Å². The summed E-state index contributed by atoms with van der Waals surface area (Å²) in [5, 5.41) is 4.51. The average Bonchev–Trinajstić information content (AvgIpc) is 2.94. The van der Waals surface area contributed by atoms with Gasteiger partial charge in [-0.3, -0.25) is 15.4 Å². The number of hydrogen-bond donors (Lipinski definition) is 1. The van der Waals surface area contributed by atoms with Crippen molar-refractivity contribution in [1.82, 2.24) is 15.0 Å². The molecule has 0 bridgehead atoms. The summed E-state index contributed by atoms with van der Waals surface area (Å²) >= 11 is 0. The summed E-state index contributed by atoms with van der Waals surface area (Å²) in [5.74, 6) is 0.613. The van der Waals surface area contributed by atoms with Crippen LogP contribution in [0.5, 0.6) is 5.88 Å². The van der Waals surface area contributed by atoms with Gasteiger partial charge in [-0.2, -0.15) is 0 Å². The molecule has 1 N–H and O–H groups in total. The van der Waals surface area contributed by atoms with Crippen LogP contribution in [-0.2, 0) is 11.2 Å². The second kappa shape index (κ2) is 9.95. The molecule has 0 saturated carbocycles. The first-order valence-electron chi connectivity index (χ1n) is 12.5. The van der Waals surface area contributed by atoms with Gasteiger partial charge in [0.05, 0.1) is 35.3 Å². The number of nitrogens with one attached hydrogen (secondary N) is 1. The zero-order valence-electron chi connectivity index (χ0n) is 20.4. The third-order valence-corrected chi connectivity index (χ3v) is 6.79. The molecule has 2 aliphatic rings. The van der Waals surface area contributed by atoms with E-state index in [2.05, 4.69) is 51.8 Å². The molecule has 36 heavy (non-hydrogen) atoms. The van der Waals surface area contributed by atoms with E-state index in [1.807, 2.05) is 37.7 Å². The maximum atomic E-state index is 5.69. The number of fused-ring (bicyclic) bond motifs is 3. The molecule has 2 aromatic heterocycles. The Balaban J connectivity index is 1.30. The maximum Gasteiger partial charge on any atom is 0.222 e. The standard InChI is InChI=1S/C29H29N5O2/c1-2-36-29-25(8-5-13-30-29)26-10-9-20(18-31-26)16-21-17-27-28(24-7-4-3-6-23(21)24)32-19-34(33-27)22-11-14-35-15-12-22/h3-10,13,17-19,22,33H,2,11-12,14-16H2,1H3. The van der Waals surface area contributed by atoms with E-state index >= 15 is 0 Å². The Kier molecular flexibility index (Phi) is 6.22. The highest BCUT2D eigenvalue weighted by Crippen LogP contribution is 2.39. The molecule has 0 aliphatic carbocycles. The second-order valence-corrected chi connectivity index (χ2v) is 9.10. The SMILES string of the molecule is CCOc1ncccc1-c1ccc(Cc2cc3c(c4ccccc24)N=CN(C2CCOCC2)N3)cn1. The number of benzene rings is 2. The number of ether oxygens (including phenoxy) is 2. The number of nitrogens with zero attached hydrogens (tertiary/aromatic N) is 4. The molecule has 2 aromatic carbocycles. The maximum absolute atomic E-state index is 5.69. The number of hydrogen-bond acceptors (Lipinski definition) is 7. The summed E-state index contributed by atoms with van der Waals surface area (Å²) in [7, 11) is 0. The van der Waals surface area contributed by atoms with E-state index in [0.29, 0.717) is 18.5 Å². The third-order valence-electron chi connectivity index (χ3n) is 6.79. The molecule has 182 valence electrons. The number of aliphatic imine (C=N–C) groups is 1. The summed E-state index contributed by atoms with van der Waals surface area (Å²) in [6.07, 6.45) is 8.39. The van der Waals surface area contributed by atoms with Gasteiger partial charge in [-0.1, -0.05) is 30.3 Å². The Morgan fingerprint density at radius 3 is 2.69 bits per heavy atom. The lowest BCUT2D eigenvalue weighted by Gasteiger charge is -2.36. The van der Waals surface area contributed by atoms with Gasteiger partial charge in [0, 0.05) is 31.0 Å². The van der Waals surface area contributed by atoms with Gasteiger partial charge in [0.25, 0.3) is 0 Å². The van der Waals surface area contributed by atoms with Crippen molar-refractivity contribution >= 4 is 28.5 Å². The molecule has 6 rings (SSSR count). The zero-order chi connectivity index (χ0) is 24.3. The van der Waals surface area contributed by atoms with Crippen LogP contribution in [0.2, 0.25) is 0 Å². The second-order valence-electron chi connectivity index (χ2n) is 9.10. The minimum absolute atomic E-state index is 0.386. The van der Waals surface area contributed by atoms with Crippen molar-refractivity contribution in [2.75, 3.05) is 25.2 Å². The van der Waals surface area contributed by atoms with E-state index in [4.69, 9.17) is 19.5 Å². The summed E-state index contributed by atoms with van der Waals surface area (Å²) in [6.45, 7) is 4.11. The average molecular weight is 480 g/mol. The van der Waals surface area contributed by atoms with Crippen molar-refractivity contribution in [2.45, 2.75) is 32.2 Å². The van der Waals surface area contributed by atoms with E-state index in [1.54, 1.807) is 6.20 Å². The lowest BCUT2D eigenvalue weighted by Crippen LogP contribution is -2.43. The van der Waals surface area contributed by atoms with Crippen molar-refractivity contribution in [3.63, 3.8) is 0 Å².